The highest BCUT2D eigenvalue weighted by Gasteiger charge is 2.19. The van der Waals surface area contributed by atoms with Gasteiger partial charge >= 0.3 is 0 Å². The maximum Gasteiger partial charge on any atom is 0.145 e. The Bertz CT molecular complexity index is 1200. The van der Waals surface area contributed by atoms with Crippen molar-refractivity contribution in [2.45, 2.75) is 26.2 Å². The number of benzene rings is 2. The van der Waals surface area contributed by atoms with Crippen LogP contribution in [0, 0.1) is 6.92 Å². The van der Waals surface area contributed by atoms with Crippen molar-refractivity contribution in [1.82, 2.24) is 9.97 Å². The number of rotatable bonds is 6. The third kappa shape index (κ3) is 3.57. The van der Waals surface area contributed by atoms with Crippen molar-refractivity contribution in [2.75, 3.05) is 13.7 Å². The lowest BCUT2D eigenvalue weighted by Crippen LogP contribution is -1.99. The van der Waals surface area contributed by atoms with Crippen LogP contribution in [0.15, 0.2) is 36.4 Å². The number of nitrogens with two attached hydrogens (primary N) is 1. The highest BCUT2D eigenvalue weighted by molar-refractivity contribution is 6.45. The molecule has 0 aliphatic carbocycles. The molecule has 0 spiro atoms. The van der Waals surface area contributed by atoms with E-state index < -0.39 is 0 Å². The molecule has 29 heavy (non-hydrogen) atoms. The minimum atomic E-state index is 0.539. The van der Waals surface area contributed by atoms with Gasteiger partial charge in [0.15, 0.2) is 0 Å². The van der Waals surface area contributed by atoms with Crippen molar-refractivity contribution in [3.05, 3.63) is 57.7 Å². The molecule has 4 nitrogen and oxygen atoms in total. The molecule has 150 valence electrons. The highest BCUT2D eigenvalue weighted by atomic mass is 35.5. The molecule has 0 saturated heterocycles. The number of halogens is 2. The predicted molar refractivity (Wildman–Crippen MR) is 122 cm³/mol. The molecule has 0 atom stereocenters. The van der Waals surface area contributed by atoms with Gasteiger partial charge in [0, 0.05) is 22.0 Å². The minimum Gasteiger partial charge on any atom is -0.494 e. The number of pyridine rings is 1. The van der Waals surface area contributed by atoms with E-state index in [9.17, 15) is 0 Å². The number of ether oxygens (including phenoxy) is 1. The third-order valence-electron chi connectivity index (χ3n) is 5.30. The molecule has 0 unspecified atom stereocenters. The van der Waals surface area contributed by atoms with E-state index in [1.165, 1.54) is 5.56 Å². The number of hydrogen-bond acceptors (Lipinski definition) is 3. The molecular formula is C23H23Cl2N3O. The SMILES string of the molecule is COc1ccc(-c2[nH]c3c(Cl)c(Cl)ccc3c2CCCCN)c2ccc(C)nc12. The van der Waals surface area contributed by atoms with Gasteiger partial charge in [-0.2, -0.15) is 0 Å². The quantitative estimate of drug-likeness (QED) is 0.355. The molecule has 0 fully saturated rings. The highest BCUT2D eigenvalue weighted by Crippen LogP contribution is 2.41. The van der Waals surface area contributed by atoms with Gasteiger partial charge in [-0.3, -0.25) is 0 Å². The number of methoxy groups -OCH3 is 1. The average Bonchev–Trinajstić information content (AvgIpc) is 3.09. The number of unbranched alkanes of at least 4 members (excludes halogenated alkanes) is 1. The zero-order valence-electron chi connectivity index (χ0n) is 16.5. The van der Waals surface area contributed by atoms with Crippen LogP contribution in [0.4, 0.5) is 0 Å². The van der Waals surface area contributed by atoms with E-state index in [2.05, 4.69) is 17.1 Å². The van der Waals surface area contributed by atoms with Crippen molar-refractivity contribution in [3.8, 4) is 17.0 Å². The normalized spacial score (nSPS) is 11.5. The zero-order chi connectivity index (χ0) is 20.5. The van der Waals surface area contributed by atoms with E-state index in [0.717, 1.165) is 63.8 Å². The molecular weight excluding hydrogens is 405 g/mol. The first-order valence-electron chi connectivity index (χ1n) is 9.68. The summed E-state index contributed by atoms with van der Waals surface area (Å²) in [7, 11) is 1.67. The molecule has 2 aromatic heterocycles. The molecule has 0 aliphatic heterocycles. The number of hydrogen-bond donors (Lipinski definition) is 2. The molecule has 0 amide bonds. The van der Waals surface area contributed by atoms with Gasteiger partial charge in [0.2, 0.25) is 0 Å². The van der Waals surface area contributed by atoms with Crippen molar-refractivity contribution < 1.29 is 4.74 Å². The smallest absolute Gasteiger partial charge is 0.145 e. The van der Waals surface area contributed by atoms with E-state index in [-0.39, 0.29) is 0 Å². The first kappa shape index (κ1) is 20.0. The Labute approximate surface area is 180 Å². The summed E-state index contributed by atoms with van der Waals surface area (Å²) in [5, 5.41) is 3.21. The molecule has 2 heterocycles. The maximum atomic E-state index is 6.53. The van der Waals surface area contributed by atoms with Crippen LogP contribution in [0.3, 0.4) is 0 Å². The zero-order valence-corrected chi connectivity index (χ0v) is 18.0. The van der Waals surface area contributed by atoms with Crippen LogP contribution < -0.4 is 10.5 Å². The summed E-state index contributed by atoms with van der Waals surface area (Å²) in [6, 6.07) is 12.0. The second kappa shape index (κ2) is 8.23. The summed E-state index contributed by atoms with van der Waals surface area (Å²) in [6.45, 7) is 2.66. The number of aryl methyl sites for hydroxylation is 2. The fourth-order valence-electron chi connectivity index (χ4n) is 3.87. The lowest BCUT2D eigenvalue weighted by molar-refractivity contribution is 0.419. The first-order valence-corrected chi connectivity index (χ1v) is 10.4. The van der Waals surface area contributed by atoms with Gasteiger partial charge in [-0.15, -0.1) is 0 Å². The number of nitrogens with zero attached hydrogens (tertiary/aromatic N) is 1. The van der Waals surface area contributed by atoms with E-state index in [0.29, 0.717) is 16.6 Å². The van der Waals surface area contributed by atoms with E-state index in [1.807, 2.05) is 31.2 Å². The van der Waals surface area contributed by atoms with E-state index in [1.54, 1.807) is 7.11 Å². The van der Waals surface area contributed by atoms with Crippen LogP contribution >= 0.6 is 23.2 Å². The minimum absolute atomic E-state index is 0.539. The van der Waals surface area contributed by atoms with Crippen LogP contribution in [-0.2, 0) is 6.42 Å². The second-order valence-corrected chi connectivity index (χ2v) is 7.96. The Balaban J connectivity index is 2.00. The maximum absolute atomic E-state index is 6.53. The van der Waals surface area contributed by atoms with Crippen LogP contribution in [0.5, 0.6) is 5.75 Å². The van der Waals surface area contributed by atoms with Crippen LogP contribution in [0.25, 0.3) is 33.1 Å². The summed E-state index contributed by atoms with van der Waals surface area (Å²) in [5.74, 6) is 0.759. The molecule has 0 aliphatic rings. The standard InChI is InChI=1S/C23H23Cl2N3O/c1-13-6-7-16-15(9-11-19(29-2)22(16)27-13)21-14(5-3-4-12-26)17-8-10-18(24)20(25)23(17)28-21/h6-11,28H,3-5,12,26H2,1-2H3. The lowest BCUT2D eigenvalue weighted by atomic mass is 9.97. The van der Waals surface area contributed by atoms with Gasteiger partial charge < -0.3 is 15.5 Å². The fourth-order valence-corrected chi connectivity index (χ4v) is 4.24. The lowest BCUT2D eigenvalue weighted by Gasteiger charge is -2.12. The predicted octanol–water partition coefficient (Wildman–Crippen LogP) is 6.29. The van der Waals surface area contributed by atoms with Crippen molar-refractivity contribution in [1.29, 1.82) is 0 Å². The van der Waals surface area contributed by atoms with Gasteiger partial charge in [-0.25, -0.2) is 4.98 Å². The number of aromatic amines is 1. The molecule has 0 radical (unpaired) electrons. The monoisotopic (exact) mass is 427 g/mol. The van der Waals surface area contributed by atoms with Crippen LogP contribution in [-0.4, -0.2) is 23.6 Å². The fraction of sp³-hybridized carbons (Fsp3) is 0.261. The second-order valence-electron chi connectivity index (χ2n) is 7.17. The Morgan fingerprint density at radius 3 is 2.59 bits per heavy atom. The summed E-state index contributed by atoms with van der Waals surface area (Å²) in [4.78, 5) is 8.27. The van der Waals surface area contributed by atoms with E-state index in [4.69, 9.17) is 38.7 Å². The number of H-pyrrole nitrogens is 1. The summed E-state index contributed by atoms with van der Waals surface area (Å²) >= 11 is 12.8. The largest absolute Gasteiger partial charge is 0.494 e. The first-order chi connectivity index (χ1) is 14.0. The Morgan fingerprint density at radius 2 is 1.83 bits per heavy atom. The number of fused-ring (bicyclic) bond motifs is 2. The molecule has 2 aromatic carbocycles. The van der Waals surface area contributed by atoms with E-state index >= 15 is 0 Å². The third-order valence-corrected chi connectivity index (χ3v) is 6.11. The molecule has 6 heteroatoms. The van der Waals surface area contributed by atoms with Gasteiger partial charge in [0.1, 0.15) is 11.3 Å². The van der Waals surface area contributed by atoms with Gasteiger partial charge in [-0.05, 0) is 62.6 Å². The average molecular weight is 428 g/mol. The summed E-state index contributed by atoms with van der Waals surface area (Å²) < 4.78 is 5.55. The number of nitrogens with one attached hydrogen (secondary N) is 1. The van der Waals surface area contributed by atoms with Crippen molar-refractivity contribution in [3.63, 3.8) is 0 Å². The molecule has 4 rings (SSSR count). The van der Waals surface area contributed by atoms with Crippen molar-refractivity contribution in [2.24, 2.45) is 5.73 Å². The van der Waals surface area contributed by atoms with Crippen LogP contribution in [0.1, 0.15) is 24.1 Å². The molecule has 0 saturated carbocycles. The summed E-state index contributed by atoms with van der Waals surface area (Å²) in [5.41, 5.74) is 11.7. The number of aromatic nitrogens is 2. The Hall–Kier alpha value is -2.27. The van der Waals surface area contributed by atoms with Gasteiger partial charge in [0.05, 0.1) is 28.4 Å². The van der Waals surface area contributed by atoms with Crippen molar-refractivity contribution >= 4 is 45.0 Å². The van der Waals surface area contributed by atoms with Crippen LogP contribution in [0.2, 0.25) is 10.0 Å². The molecule has 0 bridgehead atoms. The molecule has 4 aromatic rings. The topological polar surface area (TPSA) is 63.9 Å². The molecule has 3 N–H and O–H groups in total. The Kier molecular flexibility index (Phi) is 5.68. The van der Waals surface area contributed by atoms with Gasteiger partial charge in [-0.1, -0.05) is 35.3 Å². The van der Waals surface area contributed by atoms with Gasteiger partial charge in [0.25, 0.3) is 0 Å². The Morgan fingerprint density at radius 1 is 1.03 bits per heavy atom. The summed E-state index contributed by atoms with van der Waals surface area (Å²) in [6.07, 6.45) is 2.87.